The van der Waals surface area contributed by atoms with Gasteiger partial charge in [-0.2, -0.15) is 13.2 Å². The molecule has 2 aromatic carbocycles. The van der Waals surface area contributed by atoms with Gasteiger partial charge in [0.25, 0.3) is 0 Å². The minimum Gasteiger partial charge on any atom is -0.456 e. The van der Waals surface area contributed by atoms with Gasteiger partial charge >= 0.3 is 6.18 Å². The normalized spacial score (nSPS) is 11.4. The molecule has 0 saturated heterocycles. The molecule has 0 amide bonds. The molecule has 0 unspecified atom stereocenters. The predicted octanol–water partition coefficient (Wildman–Crippen LogP) is 4.30. The van der Waals surface area contributed by atoms with Gasteiger partial charge in [0.15, 0.2) is 0 Å². The van der Waals surface area contributed by atoms with Gasteiger partial charge in [-0.25, -0.2) is 0 Å². The van der Waals surface area contributed by atoms with E-state index in [4.69, 9.17) is 9.84 Å². The summed E-state index contributed by atoms with van der Waals surface area (Å²) in [5, 5.41) is 8.94. The fourth-order valence-corrected chi connectivity index (χ4v) is 1.78. The Balaban J connectivity index is 2.44. The average molecular weight is 282 g/mol. The lowest BCUT2D eigenvalue weighted by atomic mass is 10.1. The maximum atomic E-state index is 13.0. The number of aryl methyl sites for hydroxylation is 1. The molecule has 2 rings (SSSR count). The summed E-state index contributed by atoms with van der Waals surface area (Å²) in [5.41, 5.74) is 0.0358. The van der Waals surface area contributed by atoms with E-state index in [-0.39, 0.29) is 11.3 Å². The third kappa shape index (κ3) is 3.11. The molecule has 2 aromatic rings. The number of aliphatic hydroxyl groups excluding tert-OH is 1. The van der Waals surface area contributed by atoms with Crippen LogP contribution in [0.2, 0.25) is 0 Å². The number of halogens is 3. The minimum atomic E-state index is -4.54. The zero-order valence-corrected chi connectivity index (χ0v) is 10.7. The second-order valence-corrected chi connectivity index (χ2v) is 4.35. The summed E-state index contributed by atoms with van der Waals surface area (Å²) in [7, 11) is 0. The number of alkyl halides is 3. The molecule has 0 aliphatic rings. The molecule has 0 aromatic heterocycles. The molecule has 0 radical (unpaired) electrons. The highest BCUT2D eigenvalue weighted by molar-refractivity contribution is 5.43. The van der Waals surface area contributed by atoms with Crippen LogP contribution in [0.4, 0.5) is 13.2 Å². The Bertz CT molecular complexity index is 606. The van der Waals surface area contributed by atoms with Crippen LogP contribution in [0.15, 0.2) is 42.5 Å². The zero-order valence-electron chi connectivity index (χ0n) is 10.7. The number of para-hydroxylation sites is 1. The summed E-state index contributed by atoms with van der Waals surface area (Å²) < 4.78 is 44.4. The largest absolute Gasteiger partial charge is 0.456 e. The van der Waals surface area contributed by atoms with Crippen molar-refractivity contribution in [3.63, 3.8) is 0 Å². The highest BCUT2D eigenvalue weighted by atomic mass is 19.4. The SMILES string of the molecule is Cc1ccccc1Oc1ccc(CO)cc1C(F)(F)F. The fraction of sp³-hybridized carbons (Fsp3) is 0.200. The van der Waals surface area contributed by atoms with Crippen LogP contribution in [0.3, 0.4) is 0 Å². The monoisotopic (exact) mass is 282 g/mol. The van der Waals surface area contributed by atoms with Crippen LogP contribution in [0.25, 0.3) is 0 Å². The third-order valence-electron chi connectivity index (χ3n) is 2.85. The van der Waals surface area contributed by atoms with Gasteiger partial charge in [-0.1, -0.05) is 24.3 Å². The Morgan fingerprint density at radius 1 is 1.05 bits per heavy atom. The van der Waals surface area contributed by atoms with Crippen LogP contribution in [0, 0.1) is 6.92 Å². The molecule has 106 valence electrons. The van der Waals surface area contributed by atoms with E-state index in [1.54, 1.807) is 31.2 Å². The third-order valence-corrected chi connectivity index (χ3v) is 2.85. The Kier molecular flexibility index (Phi) is 3.99. The van der Waals surface area contributed by atoms with Crippen LogP contribution >= 0.6 is 0 Å². The van der Waals surface area contributed by atoms with Gasteiger partial charge in [0.05, 0.1) is 12.2 Å². The molecule has 20 heavy (non-hydrogen) atoms. The first kappa shape index (κ1) is 14.4. The van der Waals surface area contributed by atoms with Crippen molar-refractivity contribution in [2.45, 2.75) is 19.7 Å². The van der Waals surface area contributed by atoms with E-state index in [1.807, 2.05) is 0 Å². The van der Waals surface area contributed by atoms with Gasteiger partial charge in [-0.05, 0) is 36.2 Å². The van der Waals surface area contributed by atoms with Crippen LogP contribution in [0.1, 0.15) is 16.7 Å². The van der Waals surface area contributed by atoms with Gasteiger partial charge in [0.1, 0.15) is 11.5 Å². The van der Waals surface area contributed by atoms with Crippen molar-refractivity contribution >= 4 is 0 Å². The van der Waals surface area contributed by atoms with E-state index in [0.29, 0.717) is 5.75 Å². The Labute approximate surface area is 114 Å². The second kappa shape index (κ2) is 5.54. The Hall–Kier alpha value is -2.01. The number of hydrogen-bond donors (Lipinski definition) is 1. The maximum Gasteiger partial charge on any atom is 0.419 e. The highest BCUT2D eigenvalue weighted by Gasteiger charge is 2.34. The zero-order chi connectivity index (χ0) is 14.8. The van der Waals surface area contributed by atoms with Gasteiger partial charge in [0, 0.05) is 0 Å². The topological polar surface area (TPSA) is 29.5 Å². The highest BCUT2D eigenvalue weighted by Crippen LogP contribution is 2.39. The molecule has 0 atom stereocenters. The van der Waals surface area contributed by atoms with Gasteiger partial charge in [-0.3, -0.25) is 0 Å². The van der Waals surface area contributed by atoms with E-state index in [1.165, 1.54) is 12.1 Å². The molecule has 0 fully saturated rings. The smallest absolute Gasteiger partial charge is 0.419 e. The molecule has 0 aliphatic heterocycles. The number of ether oxygens (including phenoxy) is 1. The minimum absolute atomic E-state index is 0.189. The number of benzene rings is 2. The molecule has 2 nitrogen and oxygen atoms in total. The van der Waals surface area contributed by atoms with Gasteiger partial charge in [-0.15, -0.1) is 0 Å². The van der Waals surface area contributed by atoms with Crippen molar-refractivity contribution in [2.24, 2.45) is 0 Å². The lowest BCUT2D eigenvalue weighted by Crippen LogP contribution is -2.08. The van der Waals surface area contributed by atoms with Crippen molar-refractivity contribution in [1.82, 2.24) is 0 Å². The summed E-state index contributed by atoms with van der Waals surface area (Å²) in [5.74, 6) is 0.0961. The number of hydrogen-bond acceptors (Lipinski definition) is 2. The van der Waals surface area contributed by atoms with E-state index in [2.05, 4.69) is 0 Å². The van der Waals surface area contributed by atoms with E-state index in [0.717, 1.165) is 11.6 Å². The molecule has 0 bridgehead atoms. The van der Waals surface area contributed by atoms with Crippen molar-refractivity contribution in [2.75, 3.05) is 0 Å². The van der Waals surface area contributed by atoms with Crippen LogP contribution in [-0.2, 0) is 12.8 Å². The standard InChI is InChI=1S/C15H13F3O2/c1-10-4-2-3-5-13(10)20-14-7-6-11(9-19)8-12(14)15(16,17)18/h2-8,19H,9H2,1H3. The number of aliphatic hydroxyl groups is 1. The van der Waals surface area contributed by atoms with Crippen molar-refractivity contribution in [3.05, 3.63) is 59.2 Å². The fourth-order valence-electron chi connectivity index (χ4n) is 1.78. The second-order valence-electron chi connectivity index (χ2n) is 4.35. The van der Waals surface area contributed by atoms with E-state index < -0.39 is 18.3 Å². The first-order valence-corrected chi connectivity index (χ1v) is 5.96. The first-order valence-electron chi connectivity index (χ1n) is 5.96. The van der Waals surface area contributed by atoms with Crippen molar-refractivity contribution < 1.29 is 23.0 Å². The summed E-state index contributed by atoms with van der Waals surface area (Å²) in [6.45, 7) is 1.30. The molecule has 5 heteroatoms. The summed E-state index contributed by atoms with van der Waals surface area (Å²) in [4.78, 5) is 0. The molecule has 0 saturated carbocycles. The molecule has 1 N–H and O–H groups in total. The van der Waals surface area contributed by atoms with Gasteiger partial charge < -0.3 is 9.84 Å². The molecular formula is C15H13F3O2. The summed E-state index contributed by atoms with van der Waals surface area (Å²) in [6, 6.07) is 10.4. The Morgan fingerprint density at radius 2 is 1.75 bits per heavy atom. The molecule has 0 aliphatic carbocycles. The lowest BCUT2D eigenvalue weighted by molar-refractivity contribution is -0.138. The van der Waals surface area contributed by atoms with Crippen LogP contribution in [-0.4, -0.2) is 5.11 Å². The maximum absolute atomic E-state index is 13.0. The predicted molar refractivity (Wildman–Crippen MR) is 68.6 cm³/mol. The summed E-state index contributed by atoms with van der Waals surface area (Å²) in [6.07, 6.45) is -4.54. The average Bonchev–Trinajstić information content (AvgIpc) is 2.40. The van der Waals surface area contributed by atoms with E-state index >= 15 is 0 Å². The van der Waals surface area contributed by atoms with Crippen molar-refractivity contribution in [1.29, 1.82) is 0 Å². The molecule has 0 spiro atoms. The van der Waals surface area contributed by atoms with Crippen LogP contribution < -0.4 is 4.74 Å². The van der Waals surface area contributed by atoms with Crippen molar-refractivity contribution in [3.8, 4) is 11.5 Å². The Morgan fingerprint density at radius 3 is 2.35 bits per heavy atom. The molecule has 0 heterocycles. The number of rotatable bonds is 3. The first-order chi connectivity index (χ1) is 9.41. The lowest BCUT2D eigenvalue weighted by Gasteiger charge is -2.15. The quantitative estimate of drug-likeness (QED) is 0.909. The molecular weight excluding hydrogens is 269 g/mol. The summed E-state index contributed by atoms with van der Waals surface area (Å²) >= 11 is 0. The van der Waals surface area contributed by atoms with E-state index in [9.17, 15) is 13.2 Å². The van der Waals surface area contributed by atoms with Crippen LogP contribution in [0.5, 0.6) is 11.5 Å². The van der Waals surface area contributed by atoms with Gasteiger partial charge in [0.2, 0.25) is 0 Å².